The van der Waals surface area contributed by atoms with E-state index in [9.17, 15) is 9.59 Å². The van der Waals surface area contributed by atoms with E-state index in [1.807, 2.05) is 30.3 Å². The van der Waals surface area contributed by atoms with E-state index in [2.05, 4.69) is 5.32 Å². The van der Waals surface area contributed by atoms with Gasteiger partial charge < -0.3 is 10.1 Å². The topological polar surface area (TPSA) is 58.6 Å². The normalized spacial score (nSPS) is 11.6. The van der Waals surface area contributed by atoms with E-state index in [-0.39, 0.29) is 11.8 Å². The predicted molar refractivity (Wildman–Crippen MR) is 131 cm³/mol. The van der Waals surface area contributed by atoms with E-state index >= 15 is 0 Å². The first-order valence-corrected chi connectivity index (χ1v) is 11.8. The smallest absolute Gasteiger partial charge is 0.248 e. The van der Waals surface area contributed by atoms with Crippen LogP contribution in [0.1, 0.15) is 16.5 Å². The third-order valence-electron chi connectivity index (χ3n) is 4.72. The van der Waals surface area contributed by atoms with Gasteiger partial charge in [0.15, 0.2) is 0 Å². The quantitative estimate of drug-likeness (QED) is 0.373. The Balaban J connectivity index is 1.93. The highest BCUT2D eigenvalue weighted by Gasteiger charge is 2.33. The summed E-state index contributed by atoms with van der Waals surface area (Å²) in [6, 6.07) is 17.1. The molecule has 0 aliphatic carbocycles. The summed E-state index contributed by atoms with van der Waals surface area (Å²) in [6.45, 7) is 0.407. The molecular weight excluding hydrogens is 491 g/mol. The molecule has 2 aromatic carbocycles. The largest absolute Gasteiger partial charge is 0.495 e. The molecule has 3 rings (SSSR count). The lowest BCUT2D eigenvalue weighted by molar-refractivity contribution is -0.125. The Morgan fingerprint density at radius 2 is 1.84 bits per heavy atom. The van der Waals surface area contributed by atoms with Gasteiger partial charge in [-0.1, -0.05) is 53.5 Å². The van der Waals surface area contributed by atoms with Gasteiger partial charge in [-0.05, 0) is 42.3 Å². The molecule has 1 unspecified atom stereocenters. The van der Waals surface area contributed by atoms with Crippen molar-refractivity contribution in [3.8, 4) is 5.75 Å². The molecule has 3 aromatic rings. The third-order valence-corrected chi connectivity index (χ3v) is 6.53. The second-order valence-electron chi connectivity index (χ2n) is 6.79. The number of nitrogens with zero attached hydrogens (tertiary/aromatic N) is 1. The third kappa shape index (κ3) is 5.95. The minimum atomic E-state index is -0.959. The average Bonchev–Trinajstić information content (AvgIpc) is 3.23. The molecule has 0 aliphatic heterocycles. The molecule has 5 nitrogen and oxygen atoms in total. The zero-order chi connectivity index (χ0) is 23.1. The van der Waals surface area contributed by atoms with E-state index in [1.165, 1.54) is 23.3 Å². The van der Waals surface area contributed by atoms with Gasteiger partial charge in [0.05, 0.1) is 16.5 Å². The molecule has 0 radical (unpaired) electrons. The molecule has 1 aromatic heterocycles. The zero-order valence-corrected chi connectivity index (χ0v) is 20.3. The fourth-order valence-corrected chi connectivity index (χ4v) is 4.76. The lowest BCUT2D eigenvalue weighted by Gasteiger charge is -2.30. The number of nitrogens with one attached hydrogen (secondary N) is 1. The van der Waals surface area contributed by atoms with E-state index in [0.29, 0.717) is 38.6 Å². The Morgan fingerprint density at radius 1 is 1.09 bits per heavy atom. The number of thiophene rings is 1. The number of benzene rings is 2. The van der Waals surface area contributed by atoms with Gasteiger partial charge >= 0.3 is 0 Å². The Bertz CT molecular complexity index is 1080. The summed E-state index contributed by atoms with van der Waals surface area (Å²) in [7, 11) is 1.50. The number of hydrogen-bond acceptors (Lipinski definition) is 4. The van der Waals surface area contributed by atoms with Gasteiger partial charge in [0, 0.05) is 17.1 Å². The highest BCUT2D eigenvalue weighted by molar-refractivity contribution is 7.16. The number of anilines is 1. The van der Waals surface area contributed by atoms with Crippen molar-refractivity contribution in [3.63, 3.8) is 0 Å². The lowest BCUT2D eigenvalue weighted by Crippen LogP contribution is -2.44. The number of rotatable bonds is 9. The van der Waals surface area contributed by atoms with E-state index in [1.54, 1.807) is 30.3 Å². The van der Waals surface area contributed by atoms with Crippen molar-refractivity contribution < 1.29 is 14.3 Å². The van der Waals surface area contributed by atoms with E-state index in [0.717, 1.165) is 5.56 Å². The van der Waals surface area contributed by atoms with Crippen molar-refractivity contribution in [3.05, 3.63) is 80.5 Å². The maximum Gasteiger partial charge on any atom is 0.248 e. The number of halogens is 3. The summed E-state index contributed by atoms with van der Waals surface area (Å²) in [6.07, 6.45) is 0.655. The second-order valence-corrected chi connectivity index (χ2v) is 9.21. The number of methoxy groups -OCH3 is 1. The number of amides is 2. The van der Waals surface area contributed by atoms with Gasteiger partial charge in [-0.15, -0.1) is 22.9 Å². The van der Waals surface area contributed by atoms with Crippen LogP contribution < -0.4 is 15.0 Å². The summed E-state index contributed by atoms with van der Waals surface area (Å²) >= 11 is 19.6. The summed E-state index contributed by atoms with van der Waals surface area (Å²) < 4.78 is 5.71. The van der Waals surface area contributed by atoms with Crippen molar-refractivity contribution in [1.29, 1.82) is 0 Å². The van der Waals surface area contributed by atoms with Gasteiger partial charge in [-0.2, -0.15) is 0 Å². The van der Waals surface area contributed by atoms with Crippen LogP contribution in [-0.2, 0) is 16.0 Å². The van der Waals surface area contributed by atoms with Crippen LogP contribution in [0, 0.1) is 0 Å². The molecule has 0 aliphatic rings. The lowest BCUT2D eigenvalue weighted by atomic mass is 10.1. The van der Waals surface area contributed by atoms with Crippen molar-refractivity contribution >= 4 is 63.6 Å². The molecule has 1 heterocycles. The van der Waals surface area contributed by atoms with Crippen LogP contribution in [0.5, 0.6) is 5.75 Å². The molecule has 1 atom stereocenters. The SMILES string of the molecule is COc1ccc(N(C(=O)CCl)C(C(=O)NCCc2ccccc2)c2ccc(Cl)s2)cc1Cl. The fraction of sp³-hybridized carbons (Fsp3) is 0.217. The molecule has 0 saturated heterocycles. The standard InChI is InChI=1S/C23H21Cl3N2O3S/c1-31-18-8-7-16(13-17(18)25)28(21(29)14-24)22(19-9-10-20(26)32-19)23(30)27-12-11-15-5-3-2-4-6-15/h2-10,13,22H,11-12,14H2,1H3,(H,27,30). The number of hydrogen-bond donors (Lipinski definition) is 1. The first-order chi connectivity index (χ1) is 15.4. The molecule has 9 heteroatoms. The zero-order valence-electron chi connectivity index (χ0n) is 17.2. The summed E-state index contributed by atoms with van der Waals surface area (Å²) in [4.78, 5) is 28.2. The van der Waals surface area contributed by atoms with Gasteiger partial charge in [0.25, 0.3) is 0 Å². The highest BCUT2D eigenvalue weighted by atomic mass is 35.5. The molecule has 2 amide bonds. The van der Waals surface area contributed by atoms with Gasteiger partial charge in [0.1, 0.15) is 17.7 Å². The minimum absolute atomic E-state index is 0.309. The molecule has 0 saturated carbocycles. The molecule has 168 valence electrons. The van der Waals surface area contributed by atoms with Gasteiger partial charge in [-0.3, -0.25) is 14.5 Å². The van der Waals surface area contributed by atoms with Crippen LogP contribution in [0.2, 0.25) is 9.36 Å². The van der Waals surface area contributed by atoms with Crippen molar-refractivity contribution in [2.45, 2.75) is 12.5 Å². The number of carbonyl (C=O) groups is 2. The fourth-order valence-electron chi connectivity index (χ4n) is 3.23. The monoisotopic (exact) mass is 510 g/mol. The minimum Gasteiger partial charge on any atom is -0.495 e. The van der Waals surface area contributed by atoms with Crippen LogP contribution in [0.4, 0.5) is 5.69 Å². The molecule has 32 heavy (non-hydrogen) atoms. The molecule has 0 fully saturated rings. The maximum absolute atomic E-state index is 13.3. The molecule has 1 N–H and O–H groups in total. The first kappa shape index (κ1) is 24.4. The highest BCUT2D eigenvalue weighted by Crippen LogP contribution is 2.37. The van der Waals surface area contributed by atoms with Gasteiger partial charge in [-0.25, -0.2) is 0 Å². The van der Waals surface area contributed by atoms with Gasteiger partial charge in [0.2, 0.25) is 11.8 Å². The van der Waals surface area contributed by atoms with E-state index in [4.69, 9.17) is 39.5 Å². The van der Waals surface area contributed by atoms with Crippen molar-refractivity contribution in [2.75, 3.05) is 24.4 Å². The summed E-state index contributed by atoms with van der Waals surface area (Å²) in [5, 5.41) is 3.25. The van der Waals surface area contributed by atoms with Crippen molar-refractivity contribution in [2.24, 2.45) is 0 Å². The Kier molecular flexibility index (Phi) is 8.82. The number of alkyl halides is 1. The maximum atomic E-state index is 13.3. The molecular formula is C23H21Cl3N2O3S. The van der Waals surface area contributed by atoms with E-state index < -0.39 is 11.9 Å². The van der Waals surface area contributed by atoms with Crippen LogP contribution in [0.15, 0.2) is 60.7 Å². The van der Waals surface area contributed by atoms with Crippen LogP contribution in [-0.4, -0.2) is 31.3 Å². The Hall–Kier alpha value is -2.25. The van der Waals surface area contributed by atoms with Crippen molar-refractivity contribution in [1.82, 2.24) is 5.32 Å². The Morgan fingerprint density at radius 3 is 2.44 bits per heavy atom. The van der Waals surface area contributed by atoms with Crippen LogP contribution in [0.3, 0.4) is 0 Å². The average molecular weight is 512 g/mol. The summed E-state index contributed by atoms with van der Waals surface area (Å²) in [5.41, 5.74) is 1.52. The molecule has 0 spiro atoms. The predicted octanol–water partition coefficient (Wildman–Crippen LogP) is 5.74. The Labute approximate surface area is 205 Å². The van der Waals surface area contributed by atoms with Crippen LogP contribution >= 0.6 is 46.1 Å². The summed E-state index contributed by atoms with van der Waals surface area (Å²) in [5.74, 6) is -0.640. The van der Waals surface area contributed by atoms with Crippen LogP contribution in [0.25, 0.3) is 0 Å². The number of carbonyl (C=O) groups excluding carboxylic acids is 2. The first-order valence-electron chi connectivity index (χ1n) is 9.73. The second kappa shape index (κ2) is 11.6. The number of ether oxygens (including phenoxy) is 1. The molecule has 0 bridgehead atoms.